The molecule has 0 aliphatic heterocycles. The number of aryl methyl sites for hydroxylation is 1. The van der Waals surface area contributed by atoms with Crippen LogP contribution in [0.5, 0.6) is 0 Å². The van der Waals surface area contributed by atoms with Crippen LogP contribution in [-0.2, 0) is 10.0 Å². The summed E-state index contributed by atoms with van der Waals surface area (Å²) in [5.74, 6) is -0.223. The van der Waals surface area contributed by atoms with Crippen molar-refractivity contribution in [2.45, 2.75) is 43.7 Å². The van der Waals surface area contributed by atoms with Gasteiger partial charge in [-0.1, -0.05) is 6.07 Å². The zero-order valence-electron chi connectivity index (χ0n) is 13.2. The first kappa shape index (κ1) is 16.9. The van der Waals surface area contributed by atoms with Gasteiger partial charge < -0.3 is 10.6 Å². The van der Waals surface area contributed by atoms with Gasteiger partial charge in [0.1, 0.15) is 0 Å². The Hall–Kier alpha value is -1.44. The molecule has 0 saturated heterocycles. The van der Waals surface area contributed by atoms with Gasteiger partial charge in [-0.2, -0.15) is 0 Å². The maximum atomic E-state index is 12.5. The molecular formula is C15H23N3O3S. The van der Waals surface area contributed by atoms with Crippen molar-refractivity contribution in [2.24, 2.45) is 5.73 Å². The summed E-state index contributed by atoms with van der Waals surface area (Å²) in [6, 6.07) is 4.56. The van der Waals surface area contributed by atoms with Crippen LogP contribution in [0.2, 0.25) is 0 Å². The molecule has 1 saturated carbocycles. The largest absolute Gasteiger partial charge is 0.338 e. The van der Waals surface area contributed by atoms with Crippen molar-refractivity contribution in [3.8, 4) is 0 Å². The number of nitrogens with one attached hydrogen (secondary N) is 1. The molecule has 1 unspecified atom stereocenters. The lowest BCUT2D eigenvalue weighted by molar-refractivity contribution is 0.0747. The molecule has 2 rings (SSSR count). The maximum Gasteiger partial charge on any atom is 0.254 e. The highest BCUT2D eigenvalue weighted by atomic mass is 32.2. The number of nitrogens with two attached hydrogens (primary N) is 1. The Balaban J connectivity index is 2.32. The van der Waals surface area contributed by atoms with Gasteiger partial charge in [-0.3, -0.25) is 4.79 Å². The van der Waals surface area contributed by atoms with Crippen molar-refractivity contribution in [1.29, 1.82) is 0 Å². The number of rotatable bonds is 6. The summed E-state index contributed by atoms with van der Waals surface area (Å²) in [5, 5.41) is 0. The molecule has 1 aliphatic carbocycles. The normalized spacial score (nSPS) is 16.4. The molecule has 1 aromatic rings. The van der Waals surface area contributed by atoms with Crippen LogP contribution in [0, 0.1) is 6.92 Å². The summed E-state index contributed by atoms with van der Waals surface area (Å²) >= 11 is 0. The van der Waals surface area contributed by atoms with Crippen molar-refractivity contribution in [1.82, 2.24) is 9.62 Å². The van der Waals surface area contributed by atoms with E-state index in [4.69, 9.17) is 5.73 Å². The molecule has 1 aliphatic rings. The van der Waals surface area contributed by atoms with Gasteiger partial charge in [0.15, 0.2) is 0 Å². The van der Waals surface area contributed by atoms with E-state index in [2.05, 4.69) is 4.72 Å². The highest BCUT2D eigenvalue weighted by Crippen LogP contribution is 2.23. The minimum atomic E-state index is -3.57. The number of benzene rings is 1. The fourth-order valence-corrected chi connectivity index (χ4v) is 3.37. The minimum Gasteiger partial charge on any atom is -0.338 e. The van der Waals surface area contributed by atoms with Crippen molar-refractivity contribution >= 4 is 15.9 Å². The summed E-state index contributed by atoms with van der Waals surface area (Å²) in [6.45, 7) is 3.99. The van der Waals surface area contributed by atoms with Crippen LogP contribution >= 0.6 is 0 Å². The van der Waals surface area contributed by atoms with Gasteiger partial charge in [-0.25, -0.2) is 13.1 Å². The van der Waals surface area contributed by atoms with Gasteiger partial charge in [-0.05, 0) is 44.4 Å². The van der Waals surface area contributed by atoms with Crippen molar-refractivity contribution in [3.05, 3.63) is 29.3 Å². The van der Waals surface area contributed by atoms with Crippen molar-refractivity contribution < 1.29 is 13.2 Å². The molecular weight excluding hydrogens is 302 g/mol. The summed E-state index contributed by atoms with van der Waals surface area (Å²) in [4.78, 5) is 14.2. The minimum absolute atomic E-state index is 0.0328. The molecule has 1 atom stereocenters. The van der Waals surface area contributed by atoms with E-state index in [1.807, 2.05) is 6.92 Å². The maximum absolute atomic E-state index is 12.5. The van der Waals surface area contributed by atoms with E-state index in [0.717, 1.165) is 18.4 Å². The van der Waals surface area contributed by atoms with E-state index in [1.165, 1.54) is 17.0 Å². The number of nitrogens with zero attached hydrogens (tertiary/aromatic N) is 1. The van der Waals surface area contributed by atoms with Crippen LogP contribution in [0.3, 0.4) is 0 Å². The molecule has 0 heterocycles. The van der Waals surface area contributed by atoms with Gasteiger partial charge in [0.2, 0.25) is 10.0 Å². The second kappa shape index (κ2) is 6.36. The van der Waals surface area contributed by atoms with E-state index < -0.39 is 10.0 Å². The molecule has 0 bridgehead atoms. The van der Waals surface area contributed by atoms with Crippen LogP contribution < -0.4 is 10.5 Å². The van der Waals surface area contributed by atoms with Crippen LogP contribution in [0.4, 0.5) is 0 Å². The molecule has 22 heavy (non-hydrogen) atoms. The van der Waals surface area contributed by atoms with Gasteiger partial charge in [0.05, 0.1) is 4.90 Å². The summed E-state index contributed by atoms with van der Waals surface area (Å²) in [6.07, 6.45) is 1.74. The van der Waals surface area contributed by atoms with Crippen LogP contribution in [-0.4, -0.2) is 44.9 Å². The monoisotopic (exact) mass is 325 g/mol. The first-order valence-corrected chi connectivity index (χ1v) is 8.84. The highest BCUT2D eigenvalue weighted by Gasteiger charge is 2.29. The quantitative estimate of drug-likeness (QED) is 0.811. The average molecular weight is 325 g/mol. The summed E-state index contributed by atoms with van der Waals surface area (Å²) in [5.41, 5.74) is 6.72. The molecule has 6 nitrogen and oxygen atoms in total. The number of carbonyl (C=O) groups is 1. The Morgan fingerprint density at radius 2 is 2.09 bits per heavy atom. The first-order valence-electron chi connectivity index (χ1n) is 7.36. The van der Waals surface area contributed by atoms with Gasteiger partial charge in [-0.15, -0.1) is 0 Å². The fraction of sp³-hybridized carbons (Fsp3) is 0.533. The average Bonchev–Trinajstić information content (AvgIpc) is 3.28. The van der Waals surface area contributed by atoms with Crippen LogP contribution in [0.25, 0.3) is 0 Å². The number of carbonyl (C=O) groups excluding carboxylic acids is 1. The van der Waals surface area contributed by atoms with Gasteiger partial charge in [0, 0.05) is 31.2 Å². The summed E-state index contributed by atoms with van der Waals surface area (Å²) in [7, 11) is -1.90. The molecule has 122 valence electrons. The van der Waals surface area contributed by atoms with E-state index in [0.29, 0.717) is 12.1 Å². The first-order chi connectivity index (χ1) is 10.3. The zero-order valence-corrected chi connectivity index (χ0v) is 14.0. The molecule has 7 heteroatoms. The zero-order chi connectivity index (χ0) is 16.5. The molecule has 0 spiro atoms. The van der Waals surface area contributed by atoms with Crippen LogP contribution in [0.1, 0.15) is 35.7 Å². The highest BCUT2D eigenvalue weighted by molar-refractivity contribution is 7.89. The molecule has 1 fully saturated rings. The molecule has 0 aromatic heterocycles. The third-order valence-electron chi connectivity index (χ3n) is 3.97. The predicted molar refractivity (Wildman–Crippen MR) is 85.1 cm³/mol. The number of hydrogen-bond donors (Lipinski definition) is 2. The Morgan fingerprint density at radius 3 is 2.64 bits per heavy atom. The predicted octanol–water partition coefficient (Wildman–Crippen LogP) is 0.855. The number of hydrogen-bond acceptors (Lipinski definition) is 4. The van der Waals surface area contributed by atoms with Crippen LogP contribution in [0.15, 0.2) is 23.1 Å². The second-order valence-electron chi connectivity index (χ2n) is 5.87. The third-order valence-corrected chi connectivity index (χ3v) is 5.49. The SMILES string of the molecule is Cc1ccc(S(=O)(=O)NC2CC2)cc1C(=O)N(C)C(C)CN. The smallest absolute Gasteiger partial charge is 0.254 e. The standard InChI is InChI=1S/C15H23N3O3S/c1-10-4-7-13(22(20,21)17-12-5-6-12)8-14(10)15(19)18(3)11(2)9-16/h4,7-8,11-12,17H,5-6,9,16H2,1-3H3. The van der Waals surface area contributed by atoms with Gasteiger partial charge in [0.25, 0.3) is 5.91 Å². The summed E-state index contributed by atoms with van der Waals surface area (Å²) < 4.78 is 27.2. The van der Waals surface area contributed by atoms with E-state index in [-0.39, 0.29) is 22.9 Å². The Labute approximate surface area is 131 Å². The lowest BCUT2D eigenvalue weighted by Crippen LogP contribution is -2.40. The lowest BCUT2D eigenvalue weighted by Gasteiger charge is -2.24. The molecule has 3 N–H and O–H groups in total. The number of likely N-dealkylation sites (N-methyl/N-ethyl adjacent to an activating group) is 1. The van der Waals surface area contributed by atoms with E-state index in [9.17, 15) is 13.2 Å². The van der Waals surface area contributed by atoms with E-state index in [1.54, 1.807) is 20.0 Å². The number of amides is 1. The second-order valence-corrected chi connectivity index (χ2v) is 7.59. The van der Waals surface area contributed by atoms with Crippen molar-refractivity contribution in [2.75, 3.05) is 13.6 Å². The van der Waals surface area contributed by atoms with Crippen molar-refractivity contribution in [3.63, 3.8) is 0 Å². The van der Waals surface area contributed by atoms with E-state index >= 15 is 0 Å². The lowest BCUT2D eigenvalue weighted by atomic mass is 10.1. The number of sulfonamides is 1. The molecule has 0 radical (unpaired) electrons. The molecule has 1 aromatic carbocycles. The Morgan fingerprint density at radius 1 is 1.45 bits per heavy atom. The Bertz CT molecular complexity index is 669. The third kappa shape index (κ3) is 3.66. The molecule has 1 amide bonds. The fourth-order valence-electron chi connectivity index (χ4n) is 2.04. The Kier molecular flexibility index (Phi) is 4.89. The van der Waals surface area contributed by atoms with Gasteiger partial charge >= 0.3 is 0 Å². The topological polar surface area (TPSA) is 92.5 Å².